The normalized spacial score (nSPS) is 16.5. The first-order chi connectivity index (χ1) is 18.8. The number of nitrogens with one attached hydrogen (secondary N) is 1. The second-order valence-corrected chi connectivity index (χ2v) is 9.25. The number of anilines is 3. The number of aromatic nitrogens is 4. The van der Waals surface area contributed by atoms with Crippen LogP contribution < -0.4 is 15.0 Å². The van der Waals surface area contributed by atoms with E-state index in [1.165, 1.54) is 0 Å². The molecule has 0 radical (unpaired) electrons. The summed E-state index contributed by atoms with van der Waals surface area (Å²) in [4.78, 5) is 23.2. The molecule has 196 valence electrons. The van der Waals surface area contributed by atoms with E-state index in [1.807, 2.05) is 54.9 Å². The average Bonchev–Trinajstić information content (AvgIpc) is 2.98. The van der Waals surface area contributed by atoms with Crippen LogP contribution in [0.4, 0.5) is 17.5 Å². The SMILES string of the molecule is c1cc(-c2cc(OCCN3CCOCC3)ccn2)c2nc(Nc3ccc(N4CCOCC4)nc3)ncc2c1. The van der Waals surface area contributed by atoms with Gasteiger partial charge < -0.3 is 24.4 Å². The van der Waals surface area contributed by atoms with E-state index in [4.69, 9.17) is 19.2 Å². The minimum Gasteiger partial charge on any atom is -0.492 e. The van der Waals surface area contributed by atoms with Gasteiger partial charge in [-0.15, -0.1) is 0 Å². The highest BCUT2D eigenvalue weighted by molar-refractivity contribution is 5.93. The lowest BCUT2D eigenvalue weighted by Gasteiger charge is -2.27. The third-order valence-corrected chi connectivity index (χ3v) is 6.74. The van der Waals surface area contributed by atoms with Gasteiger partial charge in [-0.1, -0.05) is 18.2 Å². The van der Waals surface area contributed by atoms with Crippen molar-refractivity contribution in [3.05, 3.63) is 61.1 Å². The highest BCUT2D eigenvalue weighted by Gasteiger charge is 2.14. The number of fused-ring (bicyclic) bond motifs is 1. The molecular formula is C28H31N7O3. The zero-order chi connectivity index (χ0) is 25.6. The number of morpholine rings is 2. The highest BCUT2D eigenvalue weighted by Crippen LogP contribution is 2.29. The molecule has 10 nitrogen and oxygen atoms in total. The van der Waals surface area contributed by atoms with Crippen LogP contribution in [0.5, 0.6) is 5.75 Å². The van der Waals surface area contributed by atoms with Crippen molar-refractivity contribution in [2.45, 2.75) is 0 Å². The Balaban J connectivity index is 1.17. The molecular weight excluding hydrogens is 482 g/mol. The number of rotatable bonds is 8. The fourth-order valence-electron chi connectivity index (χ4n) is 4.66. The van der Waals surface area contributed by atoms with Gasteiger partial charge in [0.05, 0.1) is 49.5 Å². The second-order valence-electron chi connectivity index (χ2n) is 9.25. The summed E-state index contributed by atoms with van der Waals surface area (Å²) >= 11 is 0. The van der Waals surface area contributed by atoms with Crippen LogP contribution in [0.3, 0.4) is 0 Å². The summed E-state index contributed by atoms with van der Waals surface area (Å²) in [6, 6.07) is 13.9. The van der Waals surface area contributed by atoms with Gasteiger partial charge in [0, 0.05) is 62.1 Å². The summed E-state index contributed by atoms with van der Waals surface area (Å²) in [7, 11) is 0. The zero-order valence-electron chi connectivity index (χ0n) is 21.3. The Morgan fingerprint density at radius 2 is 1.71 bits per heavy atom. The van der Waals surface area contributed by atoms with Crippen LogP contribution in [-0.2, 0) is 9.47 Å². The minimum atomic E-state index is 0.504. The van der Waals surface area contributed by atoms with E-state index in [0.29, 0.717) is 12.6 Å². The van der Waals surface area contributed by atoms with Crippen molar-refractivity contribution in [2.24, 2.45) is 0 Å². The maximum atomic E-state index is 6.05. The molecule has 2 aliphatic heterocycles. The van der Waals surface area contributed by atoms with Crippen LogP contribution in [0.25, 0.3) is 22.2 Å². The largest absolute Gasteiger partial charge is 0.492 e. The molecule has 0 spiro atoms. The first-order valence-electron chi connectivity index (χ1n) is 13.0. The molecule has 0 bridgehead atoms. The van der Waals surface area contributed by atoms with Gasteiger partial charge in [-0.3, -0.25) is 9.88 Å². The van der Waals surface area contributed by atoms with Gasteiger partial charge in [-0.25, -0.2) is 15.0 Å². The quantitative estimate of drug-likeness (QED) is 0.378. The van der Waals surface area contributed by atoms with E-state index in [0.717, 1.165) is 98.6 Å². The molecule has 4 aromatic rings. The standard InChI is InChI=1S/C28H31N7O3/c1-2-21-19-31-28(32-22-4-5-26(30-20-22)35-11-15-37-16-12-35)33-27(21)24(3-1)25-18-23(6-7-29-25)38-17-10-34-8-13-36-14-9-34/h1-7,18-20H,8-17H2,(H,31,32,33). The number of pyridine rings is 2. The third-order valence-electron chi connectivity index (χ3n) is 6.74. The number of hydrogen-bond acceptors (Lipinski definition) is 10. The predicted octanol–water partition coefficient (Wildman–Crippen LogP) is 3.38. The molecule has 3 aromatic heterocycles. The predicted molar refractivity (Wildman–Crippen MR) is 146 cm³/mol. The van der Waals surface area contributed by atoms with E-state index < -0.39 is 0 Å². The van der Waals surface area contributed by atoms with Crippen molar-refractivity contribution >= 4 is 28.4 Å². The maximum absolute atomic E-state index is 6.05. The highest BCUT2D eigenvalue weighted by atomic mass is 16.5. The molecule has 0 saturated carbocycles. The lowest BCUT2D eigenvalue weighted by Crippen LogP contribution is -2.38. The Kier molecular flexibility index (Phi) is 7.52. The van der Waals surface area contributed by atoms with Gasteiger partial charge in [-0.2, -0.15) is 0 Å². The molecule has 6 rings (SSSR count). The molecule has 0 unspecified atom stereocenters. The summed E-state index contributed by atoms with van der Waals surface area (Å²) in [5.74, 6) is 2.24. The Hall–Kier alpha value is -3.86. The number of benzene rings is 1. The van der Waals surface area contributed by atoms with Gasteiger partial charge in [0.15, 0.2) is 0 Å². The van der Waals surface area contributed by atoms with Crippen LogP contribution in [0.15, 0.2) is 61.1 Å². The summed E-state index contributed by atoms with van der Waals surface area (Å²) in [5, 5.41) is 4.23. The first-order valence-corrected chi connectivity index (χ1v) is 13.0. The van der Waals surface area contributed by atoms with Gasteiger partial charge in [-0.05, 0) is 18.2 Å². The summed E-state index contributed by atoms with van der Waals surface area (Å²) in [6.07, 6.45) is 5.41. The topological polar surface area (TPSA) is 97.8 Å². The molecule has 5 heterocycles. The van der Waals surface area contributed by atoms with Gasteiger partial charge in [0.1, 0.15) is 18.2 Å². The summed E-state index contributed by atoms with van der Waals surface area (Å²) in [6.45, 7) is 8.13. The molecule has 2 aliphatic rings. The van der Waals surface area contributed by atoms with Gasteiger partial charge >= 0.3 is 0 Å². The lowest BCUT2D eigenvalue weighted by atomic mass is 10.1. The van der Waals surface area contributed by atoms with Crippen LogP contribution >= 0.6 is 0 Å². The lowest BCUT2D eigenvalue weighted by molar-refractivity contribution is 0.0322. The van der Waals surface area contributed by atoms with E-state index in [1.54, 1.807) is 6.20 Å². The summed E-state index contributed by atoms with van der Waals surface area (Å²) < 4.78 is 16.9. The molecule has 0 atom stereocenters. The van der Waals surface area contributed by atoms with Crippen molar-refractivity contribution < 1.29 is 14.2 Å². The molecule has 0 amide bonds. The summed E-state index contributed by atoms with van der Waals surface area (Å²) in [5.41, 5.74) is 3.38. The van der Waals surface area contributed by atoms with Crippen molar-refractivity contribution in [3.63, 3.8) is 0 Å². The van der Waals surface area contributed by atoms with Crippen molar-refractivity contribution in [1.82, 2.24) is 24.8 Å². The Morgan fingerprint density at radius 1 is 0.868 bits per heavy atom. The van der Waals surface area contributed by atoms with Crippen molar-refractivity contribution in [1.29, 1.82) is 0 Å². The molecule has 2 fully saturated rings. The van der Waals surface area contributed by atoms with E-state index in [2.05, 4.69) is 30.1 Å². The molecule has 0 aliphatic carbocycles. The Labute approximate surface area is 221 Å². The van der Waals surface area contributed by atoms with E-state index in [9.17, 15) is 0 Å². The minimum absolute atomic E-state index is 0.504. The fourth-order valence-corrected chi connectivity index (χ4v) is 4.66. The third kappa shape index (κ3) is 5.83. The Morgan fingerprint density at radius 3 is 2.53 bits per heavy atom. The number of para-hydroxylation sites is 1. The van der Waals surface area contributed by atoms with E-state index >= 15 is 0 Å². The average molecular weight is 514 g/mol. The fraction of sp³-hybridized carbons (Fsp3) is 0.357. The van der Waals surface area contributed by atoms with Crippen molar-refractivity contribution in [3.8, 4) is 17.0 Å². The first kappa shape index (κ1) is 24.5. The number of hydrogen-bond donors (Lipinski definition) is 1. The van der Waals surface area contributed by atoms with Crippen LogP contribution in [-0.4, -0.2) is 90.6 Å². The van der Waals surface area contributed by atoms with Crippen molar-refractivity contribution in [2.75, 3.05) is 76.0 Å². The molecule has 38 heavy (non-hydrogen) atoms. The molecule has 2 saturated heterocycles. The van der Waals surface area contributed by atoms with Crippen LogP contribution in [0.1, 0.15) is 0 Å². The van der Waals surface area contributed by atoms with E-state index in [-0.39, 0.29) is 0 Å². The zero-order valence-corrected chi connectivity index (χ0v) is 21.3. The number of nitrogens with zero attached hydrogens (tertiary/aromatic N) is 6. The molecule has 1 N–H and O–H groups in total. The van der Waals surface area contributed by atoms with Gasteiger partial charge in [0.2, 0.25) is 5.95 Å². The maximum Gasteiger partial charge on any atom is 0.227 e. The Bertz CT molecular complexity index is 1360. The van der Waals surface area contributed by atoms with Gasteiger partial charge in [0.25, 0.3) is 0 Å². The second kappa shape index (κ2) is 11.7. The number of ether oxygens (including phenoxy) is 3. The smallest absolute Gasteiger partial charge is 0.227 e. The molecule has 1 aromatic carbocycles. The van der Waals surface area contributed by atoms with Crippen LogP contribution in [0, 0.1) is 0 Å². The molecule has 10 heteroatoms. The van der Waals surface area contributed by atoms with Crippen LogP contribution in [0.2, 0.25) is 0 Å². The monoisotopic (exact) mass is 513 g/mol.